The first-order valence-corrected chi connectivity index (χ1v) is 9.18. The molecule has 0 aliphatic heterocycles. The summed E-state index contributed by atoms with van der Waals surface area (Å²) in [6.45, 7) is 0.794. The van der Waals surface area contributed by atoms with E-state index in [0.29, 0.717) is 17.7 Å². The van der Waals surface area contributed by atoms with Gasteiger partial charge in [-0.2, -0.15) is 0 Å². The second kappa shape index (κ2) is 8.31. The largest absolute Gasteiger partial charge is 0.497 e. The maximum atomic E-state index is 9.03. The van der Waals surface area contributed by atoms with Crippen LogP contribution in [-0.4, -0.2) is 23.8 Å². The molecule has 1 aliphatic carbocycles. The molecule has 0 spiro atoms. The molecule has 0 fully saturated rings. The second-order valence-electron chi connectivity index (χ2n) is 6.02. The van der Waals surface area contributed by atoms with Crippen LogP contribution in [0, 0.1) is 5.92 Å². The first kappa shape index (κ1) is 17.0. The topological polar surface area (TPSA) is 51.6 Å². The van der Waals surface area contributed by atoms with Crippen LogP contribution in [-0.2, 0) is 6.61 Å². The van der Waals surface area contributed by atoms with E-state index in [0.717, 1.165) is 42.7 Å². The molecule has 0 saturated heterocycles. The van der Waals surface area contributed by atoms with Crippen LogP contribution >= 0.6 is 11.3 Å². The van der Waals surface area contributed by atoms with Gasteiger partial charge in [0.1, 0.15) is 12.4 Å². The Morgan fingerprint density at radius 3 is 2.79 bits per heavy atom. The summed E-state index contributed by atoms with van der Waals surface area (Å²) in [7, 11) is 1.66. The minimum absolute atomic E-state index is 0.286. The Morgan fingerprint density at radius 1 is 1.29 bits per heavy atom. The van der Waals surface area contributed by atoms with Gasteiger partial charge in [0.05, 0.1) is 12.8 Å². The van der Waals surface area contributed by atoms with Gasteiger partial charge in [-0.05, 0) is 54.9 Å². The molecule has 1 N–H and O–H groups in total. The van der Waals surface area contributed by atoms with Crippen LogP contribution in [0.2, 0.25) is 0 Å². The van der Waals surface area contributed by atoms with Crippen molar-refractivity contribution in [2.75, 3.05) is 13.7 Å². The number of rotatable bonds is 7. The molecule has 0 radical (unpaired) electrons. The van der Waals surface area contributed by atoms with Gasteiger partial charge in [0.2, 0.25) is 0 Å². The van der Waals surface area contributed by atoms with E-state index < -0.39 is 0 Å². The lowest BCUT2D eigenvalue weighted by atomic mass is 9.87. The number of hydrogen-bond donors (Lipinski definition) is 1. The van der Waals surface area contributed by atoms with Crippen LogP contribution in [0.25, 0.3) is 5.57 Å². The lowest BCUT2D eigenvalue weighted by Gasteiger charge is -2.20. The summed E-state index contributed by atoms with van der Waals surface area (Å²) < 4.78 is 11.0. The second-order valence-corrected chi connectivity index (χ2v) is 6.84. The third kappa shape index (κ3) is 4.36. The molecule has 2 aromatic rings. The molecule has 1 aromatic carbocycles. The zero-order valence-corrected chi connectivity index (χ0v) is 14.7. The summed E-state index contributed by atoms with van der Waals surface area (Å²) >= 11 is 1.54. The minimum atomic E-state index is 0.286. The van der Waals surface area contributed by atoms with Crippen molar-refractivity contribution in [2.24, 2.45) is 5.92 Å². The van der Waals surface area contributed by atoms with Gasteiger partial charge in [0.15, 0.2) is 0 Å². The summed E-state index contributed by atoms with van der Waals surface area (Å²) in [6, 6.07) is 7.86. The van der Waals surface area contributed by atoms with Crippen LogP contribution in [0.1, 0.15) is 36.9 Å². The average molecular weight is 345 g/mol. The smallest absolute Gasteiger partial charge is 0.274 e. The Hall–Kier alpha value is -1.85. The monoisotopic (exact) mass is 345 g/mol. The molecule has 1 heterocycles. The zero-order valence-electron chi connectivity index (χ0n) is 13.9. The van der Waals surface area contributed by atoms with E-state index in [1.165, 1.54) is 5.57 Å². The number of hydrogen-bond acceptors (Lipinski definition) is 5. The van der Waals surface area contributed by atoms with Crippen LogP contribution in [0.15, 0.2) is 35.7 Å². The number of nitrogens with zero attached hydrogens (tertiary/aromatic N) is 1. The lowest BCUT2D eigenvalue weighted by Crippen LogP contribution is -2.07. The third-order valence-corrected chi connectivity index (χ3v) is 5.14. The number of aliphatic hydroxyl groups excluding tert-OH is 1. The van der Waals surface area contributed by atoms with Gasteiger partial charge in [-0.3, -0.25) is 0 Å². The van der Waals surface area contributed by atoms with Gasteiger partial charge in [-0.25, -0.2) is 4.98 Å². The highest BCUT2D eigenvalue weighted by atomic mass is 32.1. The van der Waals surface area contributed by atoms with E-state index in [4.69, 9.17) is 14.6 Å². The van der Waals surface area contributed by atoms with Crippen molar-refractivity contribution in [3.8, 4) is 10.9 Å². The van der Waals surface area contributed by atoms with E-state index in [1.807, 2.05) is 24.3 Å². The number of aliphatic hydroxyl groups is 1. The van der Waals surface area contributed by atoms with E-state index >= 15 is 0 Å². The molecular formula is C19H23NO3S. The Kier molecular flexibility index (Phi) is 5.88. The third-order valence-electron chi connectivity index (χ3n) is 4.39. The fraction of sp³-hybridized carbons (Fsp3) is 0.421. The number of ether oxygens (including phenoxy) is 2. The van der Waals surface area contributed by atoms with Crippen LogP contribution in [0.4, 0.5) is 0 Å². The predicted octanol–water partition coefficient (Wildman–Crippen LogP) is 4.30. The molecule has 0 saturated carbocycles. The normalized spacial score (nSPS) is 17.4. The molecule has 1 atom stereocenters. The predicted molar refractivity (Wildman–Crippen MR) is 96.5 cm³/mol. The van der Waals surface area contributed by atoms with Gasteiger partial charge < -0.3 is 14.6 Å². The maximum absolute atomic E-state index is 9.03. The van der Waals surface area contributed by atoms with Gasteiger partial charge in [0.25, 0.3) is 5.19 Å². The molecule has 5 heteroatoms. The first-order chi connectivity index (χ1) is 11.8. The number of benzene rings is 1. The highest BCUT2D eigenvalue weighted by molar-refractivity contribution is 7.11. The number of allylic oxidation sites excluding steroid dienone is 2. The van der Waals surface area contributed by atoms with Gasteiger partial charge in [-0.15, -0.1) is 0 Å². The number of thiazole rings is 1. The maximum Gasteiger partial charge on any atom is 0.274 e. The van der Waals surface area contributed by atoms with Gasteiger partial charge >= 0.3 is 0 Å². The van der Waals surface area contributed by atoms with Crippen molar-refractivity contribution >= 4 is 16.9 Å². The summed E-state index contributed by atoms with van der Waals surface area (Å²) in [4.78, 5) is 4.61. The summed E-state index contributed by atoms with van der Waals surface area (Å²) in [5.41, 5.74) is 3.43. The molecule has 0 amide bonds. The molecule has 24 heavy (non-hydrogen) atoms. The number of aromatic nitrogens is 1. The first-order valence-electron chi connectivity index (χ1n) is 8.30. The van der Waals surface area contributed by atoms with Crippen molar-refractivity contribution in [2.45, 2.75) is 32.3 Å². The van der Waals surface area contributed by atoms with Crippen molar-refractivity contribution in [1.29, 1.82) is 0 Å². The molecule has 3 rings (SSSR count). The van der Waals surface area contributed by atoms with Crippen molar-refractivity contribution < 1.29 is 14.6 Å². The Balaban J connectivity index is 1.55. The van der Waals surface area contributed by atoms with Crippen LogP contribution in [0.3, 0.4) is 0 Å². The zero-order chi connectivity index (χ0) is 16.8. The minimum Gasteiger partial charge on any atom is -0.497 e. The average Bonchev–Trinajstić information content (AvgIpc) is 3.10. The highest BCUT2D eigenvalue weighted by Crippen LogP contribution is 2.33. The Morgan fingerprint density at radius 2 is 2.12 bits per heavy atom. The Bertz CT molecular complexity index is 678. The molecule has 128 valence electrons. The van der Waals surface area contributed by atoms with Crippen molar-refractivity contribution in [3.63, 3.8) is 0 Å². The van der Waals surface area contributed by atoms with E-state index in [9.17, 15) is 0 Å². The van der Waals surface area contributed by atoms with Gasteiger partial charge in [-0.1, -0.05) is 29.5 Å². The molecule has 1 aliphatic rings. The van der Waals surface area contributed by atoms with E-state index in [1.54, 1.807) is 18.4 Å². The Labute approximate surface area is 146 Å². The molecule has 4 nitrogen and oxygen atoms in total. The fourth-order valence-corrected chi connectivity index (χ4v) is 3.60. The SMILES string of the molecule is COc1ccc(COc2nc(C3=CCC(CCO)CC3)cs2)cc1. The van der Waals surface area contributed by atoms with Crippen LogP contribution in [0.5, 0.6) is 10.9 Å². The summed E-state index contributed by atoms with van der Waals surface area (Å²) in [5, 5.41) is 11.8. The number of methoxy groups -OCH3 is 1. The summed E-state index contributed by atoms with van der Waals surface area (Å²) in [6.07, 6.45) is 6.37. The van der Waals surface area contributed by atoms with Crippen molar-refractivity contribution in [3.05, 3.63) is 47.0 Å². The van der Waals surface area contributed by atoms with E-state index in [2.05, 4.69) is 16.4 Å². The van der Waals surface area contributed by atoms with E-state index in [-0.39, 0.29) is 6.61 Å². The molecule has 0 bridgehead atoms. The van der Waals surface area contributed by atoms with Crippen molar-refractivity contribution in [1.82, 2.24) is 4.98 Å². The molecule has 1 unspecified atom stereocenters. The highest BCUT2D eigenvalue weighted by Gasteiger charge is 2.17. The molecular weight excluding hydrogens is 322 g/mol. The lowest BCUT2D eigenvalue weighted by molar-refractivity contribution is 0.251. The van der Waals surface area contributed by atoms with Gasteiger partial charge in [0, 0.05) is 12.0 Å². The summed E-state index contributed by atoms with van der Waals surface area (Å²) in [5.74, 6) is 1.46. The molecule has 1 aromatic heterocycles. The fourth-order valence-electron chi connectivity index (χ4n) is 2.90. The van der Waals surface area contributed by atoms with Crippen LogP contribution < -0.4 is 9.47 Å². The standard InChI is InChI=1S/C19H23NO3S/c1-22-17-8-4-15(5-9-17)12-23-19-20-18(13-24-19)16-6-2-14(3-7-16)10-11-21/h4-6,8-9,13-14,21H,2-3,7,10-12H2,1H3. The quantitative estimate of drug-likeness (QED) is 0.813.